The van der Waals surface area contributed by atoms with E-state index in [1.54, 1.807) is 18.4 Å². The summed E-state index contributed by atoms with van der Waals surface area (Å²) in [6.45, 7) is 10.7. The maximum Gasteiger partial charge on any atom is -0.0224 e. The first kappa shape index (κ1) is 11.2. The standard InChI is InChI=1S/C13H20.C2H6/c1-9-3-4-13(7-9)8-11-5-10(2)12(13)6-11;1-2/h10-12H,1,3-8H2,2H3;1-2H3. The van der Waals surface area contributed by atoms with Gasteiger partial charge in [-0.3, -0.25) is 0 Å². The average Bonchev–Trinajstić information content (AvgIpc) is 2.85. The third kappa shape index (κ3) is 1.66. The van der Waals surface area contributed by atoms with Crippen LogP contribution in [0.5, 0.6) is 0 Å². The van der Waals surface area contributed by atoms with Gasteiger partial charge >= 0.3 is 0 Å². The molecule has 0 aliphatic heterocycles. The summed E-state index contributed by atoms with van der Waals surface area (Å²) in [7, 11) is 0. The Morgan fingerprint density at radius 1 is 1.27 bits per heavy atom. The van der Waals surface area contributed by atoms with E-state index in [0.717, 1.165) is 23.2 Å². The van der Waals surface area contributed by atoms with Crippen molar-refractivity contribution in [1.29, 1.82) is 0 Å². The zero-order chi connectivity index (χ0) is 11.1. The van der Waals surface area contributed by atoms with Crippen LogP contribution in [0.1, 0.15) is 59.3 Å². The summed E-state index contributed by atoms with van der Waals surface area (Å²) >= 11 is 0. The van der Waals surface area contributed by atoms with Crippen LogP contribution in [0.15, 0.2) is 12.2 Å². The lowest BCUT2D eigenvalue weighted by molar-refractivity contribution is 0.127. The molecule has 0 amide bonds. The molecule has 2 bridgehead atoms. The molecule has 3 rings (SSSR count). The Morgan fingerprint density at radius 3 is 2.47 bits per heavy atom. The minimum absolute atomic E-state index is 0.749. The predicted molar refractivity (Wildman–Crippen MR) is 66.8 cm³/mol. The predicted octanol–water partition coefficient (Wildman–Crippen LogP) is 4.81. The summed E-state index contributed by atoms with van der Waals surface area (Å²) < 4.78 is 0. The van der Waals surface area contributed by atoms with Gasteiger partial charge in [0, 0.05) is 0 Å². The Kier molecular flexibility index (Phi) is 2.96. The topological polar surface area (TPSA) is 0 Å². The van der Waals surface area contributed by atoms with E-state index in [0.29, 0.717) is 0 Å². The minimum Gasteiger partial charge on any atom is -0.0998 e. The molecule has 0 aromatic heterocycles. The third-order valence-corrected chi connectivity index (χ3v) is 5.04. The van der Waals surface area contributed by atoms with Gasteiger partial charge in [0.25, 0.3) is 0 Å². The lowest BCUT2D eigenvalue weighted by Crippen LogP contribution is -2.29. The first-order valence-electron chi connectivity index (χ1n) is 6.86. The molecule has 4 atom stereocenters. The molecule has 0 aromatic rings. The number of fused-ring (bicyclic) bond motifs is 3. The van der Waals surface area contributed by atoms with Crippen LogP contribution >= 0.6 is 0 Å². The van der Waals surface area contributed by atoms with Crippen LogP contribution in [-0.2, 0) is 0 Å². The molecule has 0 radical (unpaired) electrons. The van der Waals surface area contributed by atoms with E-state index >= 15 is 0 Å². The molecule has 0 N–H and O–H groups in total. The Labute approximate surface area is 95.1 Å². The molecule has 3 aliphatic carbocycles. The summed E-state index contributed by atoms with van der Waals surface area (Å²) in [5.74, 6) is 3.17. The fraction of sp³-hybridized carbons (Fsp3) is 0.867. The van der Waals surface area contributed by atoms with Gasteiger partial charge in [0.2, 0.25) is 0 Å². The van der Waals surface area contributed by atoms with Gasteiger partial charge in [-0.25, -0.2) is 0 Å². The van der Waals surface area contributed by atoms with Crippen LogP contribution in [0.2, 0.25) is 0 Å². The summed E-state index contributed by atoms with van der Waals surface area (Å²) in [4.78, 5) is 0. The van der Waals surface area contributed by atoms with Crippen molar-refractivity contribution in [1.82, 2.24) is 0 Å². The molecule has 3 saturated carbocycles. The first-order valence-corrected chi connectivity index (χ1v) is 6.86. The van der Waals surface area contributed by atoms with Gasteiger partial charge in [0.05, 0.1) is 0 Å². The van der Waals surface area contributed by atoms with E-state index in [-0.39, 0.29) is 0 Å². The molecular weight excluding hydrogens is 180 g/mol. The van der Waals surface area contributed by atoms with Crippen LogP contribution < -0.4 is 0 Å². The van der Waals surface area contributed by atoms with Crippen molar-refractivity contribution in [2.75, 3.05) is 0 Å². The molecule has 3 fully saturated rings. The Morgan fingerprint density at radius 2 is 2.00 bits per heavy atom. The van der Waals surface area contributed by atoms with E-state index in [2.05, 4.69) is 13.5 Å². The highest BCUT2D eigenvalue weighted by molar-refractivity contribution is 5.15. The van der Waals surface area contributed by atoms with Gasteiger partial charge in [-0.1, -0.05) is 32.9 Å². The van der Waals surface area contributed by atoms with Gasteiger partial charge in [0.1, 0.15) is 0 Å². The smallest absolute Gasteiger partial charge is 0.0224 e. The average molecular weight is 206 g/mol. The molecule has 3 aliphatic rings. The van der Waals surface area contributed by atoms with Crippen LogP contribution in [-0.4, -0.2) is 0 Å². The van der Waals surface area contributed by atoms with Gasteiger partial charge in [-0.2, -0.15) is 0 Å². The fourth-order valence-corrected chi connectivity index (χ4v) is 4.72. The van der Waals surface area contributed by atoms with E-state index in [9.17, 15) is 0 Å². The maximum absolute atomic E-state index is 4.18. The summed E-state index contributed by atoms with van der Waals surface area (Å²) in [5.41, 5.74) is 2.29. The van der Waals surface area contributed by atoms with E-state index in [1.165, 1.54) is 25.7 Å². The first-order chi connectivity index (χ1) is 7.20. The normalized spacial score (nSPS) is 47.1. The van der Waals surface area contributed by atoms with Crippen molar-refractivity contribution in [2.45, 2.75) is 59.3 Å². The molecule has 0 heteroatoms. The van der Waals surface area contributed by atoms with Gasteiger partial charge < -0.3 is 0 Å². The lowest BCUT2D eigenvalue weighted by atomic mass is 9.68. The van der Waals surface area contributed by atoms with E-state index in [1.807, 2.05) is 13.8 Å². The Balaban J connectivity index is 0.000000404. The highest BCUT2D eigenvalue weighted by Gasteiger charge is 2.55. The number of hydrogen-bond acceptors (Lipinski definition) is 0. The number of hydrogen-bond donors (Lipinski definition) is 0. The molecule has 1 spiro atoms. The van der Waals surface area contributed by atoms with Crippen molar-refractivity contribution >= 4 is 0 Å². The van der Waals surface area contributed by atoms with Gasteiger partial charge in [-0.15, -0.1) is 0 Å². The largest absolute Gasteiger partial charge is 0.0998 e. The highest BCUT2D eigenvalue weighted by atomic mass is 14.6. The molecule has 4 unspecified atom stereocenters. The molecule has 86 valence electrons. The molecule has 0 heterocycles. The number of allylic oxidation sites excluding steroid dienone is 1. The highest BCUT2D eigenvalue weighted by Crippen LogP contribution is 2.65. The molecule has 0 saturated heterocycles. The minimum atomic E-state index is 0.749. The third-order valence-electron chi connectivity index (χ3n) is 5.04. The van der Waals surface area contributed by atoms with Gasteiger partial charge in [-0.05, 0) is 61.7 Å². The summed E-state index contributed by atoms with van der Waals surface area (Å²) in [5, 5.41) is 0. The second kappa shape index (κ2) is 3.96. The van der Waals surface area contributed by atoms with Crippen molar-refractivity contribution in [2.24, 2.45) is 23.2 Å². The Hall–Kier alpha value is -0.260. The van der Waals surface area contributed by atoms with Crippen LogP contribution in [0.4, 0.5) is 0 Å². The SMILES string of the molecule is C=C1CCC2(C1)CC1CC(C)C2C1.CC. The lowest BCUT2D eigenvalue weighted by Gasteiger charge is -2.37. The second-order valence-corrected chi connectivity index (χ2v) is 5.91. The van der Waals surface area contributed by atoms with Crippen molar-refractivity contribution < 1.29 is 0 Å². The van der Waals surface area contributed by atoms with Crippen LogP contribution in [0.3, 0.4) is 0 Å². The van der Waals surface area contributed by atoms with Crippen molar-refractivity contribution in [3.63, 3.8) is 0 Å². The molecule has 0 nitrogen and oxygen atoms in total. The molecule has 0 aromatic carbocycles. The Bertz CT molecular complexity index is 253. The van der Waals surface area contributed by atoms with Crippen molar-refractivity contribution in [3.05, 3.63) is 12.2 Å². The van der Waals surface area contributed by atoms with E-state index < -0.39 is 0 Å². The maximum atomic E-state index is 4.18. The van der Waals surface area contributed by atoms with Crippen LogP contribution in [0, 0.1) is 23.2 Å². The summed E-state index contributed by atoms with van der Waals surface area (Å²) in [6, 6.07) is 0. The quantitative estimate of drug-likeness (QED) is 0.499. The fourth-order valence-electron chi connectivity index (χ4n) is 4.72. The second-order valence-electron chi connectivity index (χ2n) is 5.91. The molecular formula is C15H26. The molecule has 15 heavy (non-hydrogen) atoms. The van der Waals surface area contributed by atoms with Crippen LogP contribution in [0.25, 0.3) is 0 Å². The monoisotopic (exact) mass is 206 g/mol. The summed E-state index contributed by atoms with van der Waals surface area (Å²) in [6.07, 6.45) is 8.79. The zero-order valence-corrected chi connectivity index (χ0v) is 10.7. The number of rotatable bonds is 0. The van der Waals surface area contributed by atoms with E-state index in [4.69, 9.17) is 0 Å². The zero-order valence-electron chi connectivity index (χ0n) is 10.7. The van der Waals surface area contributed by atoms with Crippen molar-refractivity contribution in [3.8, 4) is 0 Å². The van der Waals surface area contributed by atoms with Gasteiger partial charge in [0.15, 0.2) is 0 Å².